The molecule has 0 saturated heterocycles. The van der Waals surface area contributed by atoms with E-state index in [1.165, 1.54) is 143 Å². The maximum atomic E-state index is 2.42. The Balaban J connectivity index is 1.46. The molecule has 0 unspecified atom stereocenters. The quantitative estimate of drug-likeness (QED) is 0.0636. The molecule has 0 aliphatic carbocycles. The first kappa shape index (κ1) is 32.7. The van der Waals surface area contributed by atoms with Crippen LogP contribution in [-0.4, -0.2) is 12.5 Å². The van der Waals surface area contributed by atoms with Gasteiger partial charge in [-0.3, -0.25) is 0 Å². The van der Waals surface area contributed by atoms with Crippen LogP contribution in [0.25, 0.3) is 33.7 Å². The zero-order chi connectivity index (χ0) is 29.6. The first-order valence-corrected chi connectivity index (χ1v) is 19.0. The fourth-order valence-electron chi connectivity index (χ4n) is 6.01. The SMILES string of the molecule is CCCCCCCCc1ccc2cc(/C=C/c3cc4ccc(CCCCCCCC)cc4cc3SC)c(SC)cc2c1. The van der Waals surface area contributed by atoms with Gasteiger partial charge in [0.1, 0.15) is 0 Å². The second-order valence-corrected chi connectivity index (χ2v) is 13.6. The molecule has 0 aliphatic heterocycles. The zero-order valence-electron chi connectivity index (χ0n) is 26.6. The van der Waals surface area contributed by atoms with E-state index in [1.807, 2.05) is 23.5 Å². The normalized spacial score (nSPS) is 11.8. The average molecular weight is 597 g/mol. The number of hydrogen-bond donors (Lipinski definition) is 0. The van der Waals surface area contributed by atoms with Crippen molar-refractivity contribution in [1.82, 2.24) is 0 Å². The van der Waals surface area contributed by atoms with E-state index in [0.29, 0.717) is 0 Å². The van der Waals surface area contributed by atoms with E-state index in [4.69, 9.17) is 0 Å². The van der Waals surface area contributed by atoms with E-state index in [0.717, 1.165) is 0 Å². The van der Waals surface area contributed by atoms with Gasteiger partial charge in [0.05, 0.1) is 0 Å². The Morgan fingerprint density at radius 3 is 1.26 bits per heavy atom. The van der Waals surface area contributed by atoms with E-state index < -0.39 is 0 Å². The van der Waals surface area contributed by atoms with Crippen molar-refractivity contribution in [3.05, 3.63) is 82.9 Å². The third-order valence-corrected chi connectivity index (χ3v) is 10.2. The van der Waals surface area contributed by atoms with Gasteiger partial charge in [-0.1, -0.05) is 127 Å². The third-order valence-electron chi connectivity index (χ3n) is 8.59. The fourth-order valence-corrected chi connectivity index (χ4v) is 7.23. The molecular formula is C40H52S2. The number of benzene rings is 4. The minimum Gasteiger partial charge on any atom is -0.129 e. The van der Waals surface area contributed by atoms with Gasteiger partial charge in [0, 0.05) is 9.79 Å². The van der Waals surface area contributed by atoms with Crippen LogP contribution in [0.3, 0.4) is 0 Å². The molecule has 224 valence electrons. The lowest BCUT2D eigenvalue weighted by atomic mass is 9.99. The van der Waals surface area contributed by atoms with Crippen LogP contribution in [-0.2, 0) is 12.8 Å². The Labute approximate surface area is 265 Å². The van der Waals surface area contributed by atoms with Crippen molar-refractivity contribution in [2.24, 2.45) is 0 Å². The van der Waals surface area contributed by atoms with E-state index in [1.54, 1.807) is 0 Å². The van der Waals surface area contributed by atoms with E-state index in [2.05, 4.69) is 99.2 Å². The van der Waals surface area contributed by atoms with Gasteiger partial charge in [0.25, 0.3) is 0 Å². The topological polar surface area (TPSA) is 0 Å². The summed E-state index contributed by atoms with van der Waals surface area (Å²) in [5.74, 6) is 0. The summed E-state index contributed by atoms with van der Waals surface area (Å²) >= 11 is 3.70. The predicted molar refractivity (Wildman–Crippen MR) is 195 cm³/mol. The van der Waals surface area contributed by atoms with Gasteiger partial charge in [0.2, 0.25) is 0 Å². The lowest BCUT2D eigenvalue weighted by Crippen LogP contribution is -1.89. The maximum Gasteiger partial charge on any atom is 0.0148 e. The Kier molecular flexibility index (Phi) is 13.9. The van der Waals surface area contributed by atoms with Gasteiger partial charge in [-0.05, 0) is 106 Å². The van der Waals surface area contributed by atoms with Crippen LogP contribution in [0.4, 0.5) is 0 Å². The summed E-state index contributed by atoms with van der Waals surface area (Å²) in [5, 5.41) is 5.40. The molecule has 0 aliphatic rings. The van der Waals surface area contributed by atoms with Crippen LogP contribution < -0.4 is 0 Å². The minimum atomic E-state index is 1.19. The van der Waals surface area contributed by atoms with Crippen molar-refractivity contribution < 1.29 is 0 Å². The van der Waals surface area contributed by atoms with Crippen molar-refractivity contribution in [2.75, 3.05) is 12.5 Å². The molecule has 0 amide bonds. The second kappa shape index (κ2) is 17.8. The molecular weight excluding hydrogens is 545 g/mol. The molecule has 0 bridgehead atoms. The molecule has 0 heterocycles. The summed E-state index contributed by atoms with van der Waals surface area (Å²) in [6.45, 7) is 4.58. The molecule has 0 aromatic heterocycles. The highest BCUT2D eigenvalue weighted by Crippen LogP contribution is 2.32. The van der Waals surface area contributed by atoms with Gasteiger partial charge >= 0.3 is 0 Å². The summed E-state index contributed by atoms with van der Waals surface area (Å²) in [5.41, 5.74) is 5.56. The molecule has 0 saturated carbocycles. The molecule has 2 heteroatoms. The molecule has 0 spiro atoms. The summed E-state index contributed by atoms with van der Waals surface area (Å²) in [4.78, 5) is 2.70. The molecule has 0 N–H and O–H groups in total. The summed E-state index contributed by atoms with van der Waals surface area (Å²) in [6.07, 6.45) is 27.7. The maximum absolute atomic E-state index is 2.42. The molecule has 4 aromatic rings. The lowest BCUT2D eigenvalue weighted by Gasteiger charge is -2.11. The summed E-state index contributed by atoms with van der Waals surface area (Å²) in [6, 6.07) is 23.7. The Morgan fingerprint density at radius 2 is 0.857 bits per heavy atom. The van der Waals surface area contributed by atoms with Crippen LogP contribution in [0.2, 0.25) is 0 Å². The summed E-state index contributed by atoms with van der Waals surface area (Å²) in [7, 11) is 0. The van der Waals surface area contributed by atoms with Gasteiger partial charge < -0.3 is 0 Å². The van der Waals surface area contributed by atoms with Crippen LogP contribution in [0, 0.1) is 0 Å². The van der Waals surface area contributed by atoms with Crippen molar-refractivity contribution in [3.8, 4) is 0 Å². The minimum absolute atomic E-state index is 1.19. The molecule has 0 radical (unpaired) electrons. The highest BCUT2D eigenvalue weighted by molar-refractivity contribution is 7.99. The molecule has 0 atom stereocenters. The van der Waals surface area contributed by atoms with E-state index in [9.17, 15) is 0 Å². The van der Waals surface area contributed by atoms with E-state index in [-0.39, 0.29) is 0 Å². The van der Waals surface area contributed by atoms with E-state index >= 15 is 0 Å². The number of fused-ring (bicyclic) bond motifs is 2. The number of hydrogen-bond acceptors (Lipinski definition) is 2. The highest BCUT2D eigenvalue weighted by Gasteiger charge is 2.07. The first-order chi connectivity index (χ1) is 20.6. The lowest BCUT2D eigenvalue weighted by molar-refractivity contribution is 0.607. The first-order valence-electron chi connectivity index (χ1n) is 16.5. The largest absolute Gasteiger partial charge is 0.129 e. The monoisotopic (exact) mass is 596 g/mol. The average Bonchev–Trinajstić information content (AvgIpc) is 3.02. The Bertz CT molecular complexity index is 1320. The van der Waals surface area contributed by atoms with Crippen LogP contribution in [0.15, 0.2) is 70.5 Å². The van der Waals surface area contributed by atoms with Gasteiger partial charge in [-0.2, -0.15) is 0 Å². The van der Waals surface area contributed by atoms with Crippen molar-refractivity contribution in [3.63, 3.8) is 0 Å². The smallest absolute Gasteiger partial charge is 0.0148 e. The molecule has 0 fully saturated rings. The van der Waals surface area contributed by atoms with Crippen molar-refractivity contribution in [1.29, 1.82) is 0 Å². The molecule has 4 aromatic carbocycles. The van der Waals surface area contributed by atoms with Crippen molar-refractivity contribution >= 4 is 57.2 Å². The number of thioether (sulfide) groups is 2. The molecule has 42 heavy (non-hydrogen) atoms. The van der Waals surface area contributed by atoms with Crippen molar-refractivity contribution in [2.45, 2.75) is 114 Å². The second-order valence-electron chi connectivity index (χ2n) is 11.9. The standard InChI is InChI=1S/C40H52S2/c1-5-7-9-11-13-15-17-31-19-21-33-27-35(39(41-3)29-37(33)25-31)23-24-36-28-34-22-20-32(18-16-14-12-10-8-6-2)26-38(34)30-40(36)42-4/h19-30H,5-18H2,1-4H3/b24-23+. The van der Waals surface area contributed by atoms with Gasteiger partial charge in [-0.15, -0.1) is 23.5 Å². The third kappa shape index (κ3) is 9.68. The predicted octanol–water partition coefficient (Wildman–Crippen LogP) is 13.4. The number of rotatable bonds is 18. The highest BCUT2D eigenvalue weighted by atomic mass is 32.2. The van der Waals surface area contributed by atoms with Gasteiger partial charge in [-0.25, -0.2) is 0 Å². The zero-order valence-corrected chi connectivity index (χ0v) is 28.3. The fraction of sp³-hybridized carbons (Fsp3) is 0.450. The van der Waals surface area contributed by atoms with Crippen LogP contribution in [0.5, 0.6) is 0 Å². The Morgan fingerprint density at radius 1 is 0.452 bits per heavy atom. The van der Waals surface area contributed by atoms with Gasteiger partial charge in [0.15, 0.2) is 0 Å². The van der Waals surface area contributed by atoms with Crippen LogP contribution >= 0.6 is 23.5 Å². The number of unbranched alkanes of at least 4 members (excludes halogenated alkanes) is 10. The Hall–Kier alpha value is -2.16. The molecule has 0 nitrogen and oxygen atoms in total. The number of aryl methyl sites for hydroxylation is 2. The molecule has 4 rings (SSSR count). The van der Waals surface area contributed by atoms with Crippen LogP contribution in [0.1, 0.15) is 113 Å². The summed E-state index contributed by atoms with van der Waals surface area (Å²) < 4.78 is 0.